The average Bonchev–Trinajstić information content (AvgIpc) is 2.92. The monoisotopic (exact) mass is 344 g/mol. The largest absolute Gasteiger partial charge is 0.308 e. The zero-order valence-electron chi connectivity index (χ0n) is 11.4. The molecule has 1 aromatic heterocycles. The second-order valence-corrected chi connectivity index (χ2v) is 6.24. The molecule has 0 spiro atoms. The van der Waals surface area contributed by atoms with Crippen LogP contribution in [0.1, 0.15) is 19.8 Å². The molecule has 0 saturated carbocycles. The minimum atomic E-state index is -0.169. The number of halogens is 2. The Morgan fingerprint density at radius 2 is 2.14 bits per heavy atom. The number of carbonyl (C=O) groups excluding carboxylic acids is 1. The van der Waals surface area contributed by atoms with Crippen molar-refractivity contribution in [2.24, 2.45) is 0 Å². The van der Waals surface area contributed by atoms with Crippen molar-refractivity contribution in [3.05, 3.63) is 16.1 Å². The van der Waals surface area contributed by atoms with Gasteiger partial charge in [-0.15, -0.1) is 0 Å². The SMILES string of the molecule is CCNC1CCCN(c2c(Cl)cc(Cl)c3nsnc23)C1=O. The highest BCUT2D eigenvalue weighted by molar-refractivity contribution is 7.00. The van der Waals surface area contributed by atoms with E-state index in [1.54, 1.807) is 11.0 Å². The summed E-state index contributed by atoms with van der Waals surface area (Å²) in [5.74, 6) is 0.0293. The Labute approximate surface area is 136 Å². The molecule has 2 heterocycles. The Hall–Kier alpha value is -0.950. The van der Waals surface area contributed by atoms with Crippen LogP contribution >= 0.6 is 34.9 Å². The molecule has 0 bridgehead atoms. The van der Waals surface area contributed by atoms with Gasteiger partial charge in [0.2, 0.25) is 5.91 Å². The van der Waals surface area contributed by atoms with Crippen molar-refractivity contribution in [1.82, 2.24) is 14.1 Å². The molecule has 1 saturated heterocycles. The number of nitrogens with one attached hydrogen (secondary N) is 1. The van der Waals surface area contributed by atoms with Gasteiger partial charge in [0.25, 0.3) is 0 Å². The van der Waals surface area contributed by atoms with Crippen LogP contribution in [0.2, 0.25) is 10.0 Å². The van der Waals surface area contributed by atoms with E-state index in [1.807, 2.05) is 6.92 Å². The summed E-state index contributed by atoms with van der Waals surface area (Å²) in [4.78, 5) is 14.4. The van der Waals surface area contributed by atoms with Crippen molar-refractivity contribution in [2.75, 3.05) is 18.0 Å². The number of hydrogen-bond donors (Lipinski definition) is 1. The van der Waals surface area contributed by atoms with Crippen LogP contribution in [-0.4, -0.2) is 33.8 Å². The van der Waals surface area contributed by atoms with Crippen LogP contribution in [0.15, 0.2) is 6.07 Å². The van der Waals surface area contributed by atoms with E-state index in [2.05, 4.69) is 14.1 Å². The molecule has 1 aliphatic heterocycles. The molecule has 21 heavy (non-hydrogen) atoms. The van der Waals surface area contributed by atoms with Crippen LogP contribution in [0.25, 0.3) is 11.0 Å². The summed E-state index contributed by atoms with van der Waals surface area (Å²) >= 11 is 13.5. The molecule has 1 N–H and O–H groups in total. The van der Waals surface area contributed by atoms with Crippen molar-refractivity contribution in [1.29, 1.82) is 0 Å². The molecular weight excluding hydrogens is 331 g/mol. The number of piperidine rings is 1. The summed E-state index contributed by atoms with van der Waals surface area (Å²) < 4.78 is 8.45. The maximum absolute atomic E-state index is 12.6. The minimum Gasteiger partial charge on any atom is -0.308 e. The molecule has 2 aromatic rings. The molecule has 1 atom stereocenters. The first-order valence-electron chi connectivity index (χ1n) is 6.78. The number of benzene rings is 1. The van der Waals surface area contributed by atoms with E-state index in [0.717, 1.165) is 31.1 Å². The predicted molar refractivity (Wildman–Crippen MR) is 86.5 cm³/mol. The number of aromatic nitrogens is 2. The highest BCUT2D eigenvalue weighted by Gasteiger charge is 2.32. The van der Waals surface area contributed by atoms with Gasteiger partial charge < -0.3 is 10.2 Å². The van der Waals surface area contributed by atoms with E-state index in [0.29, 0.717) is 33.3 Å². The molecule has 1 aromatic carbocycles. The van der Waals surface area contributed by atoms with Crippen molar-refractivity contribution in [3.63, 3.8) is 0 Å². The van der Waals surface area contributed by atoms with Crippen molar-refractivity contribution in [3.8, 4) is 0 Å². The van der Waals surface area contributed by atoms with Crippen LogP contribution in [0, 0.1) is 0 Å². The van der Waals surface area contributed by atoms with E-state index < -0.39 is 0 Å². The Morgan fingerprint density at radius 3 is 2.90 bits per heavy atom. The lowest BCUT2D eigenvalue weighted by Crippen LogP contribution is -2.51. The van der Waals surface area contributed by atoms with Gasteiger partial charge in [-0.1, -0.05) is 30.1 Å². The van der Waals surface area contributed by atoms with Crippen LogP contribution < -0.4 is 10.2 Å². The van der Waals surface area contributed by atoms with Crippen molar-refractivity contribution >= 4 is 57.6 Å². The number of fused-ring (bicyclic) bond motifs is 1. The number of carbonyl (C=O) groups is 1. The topological polar surface area (TPSA) is 58.1 Å². The first-order chi connectivity index (χ1) is 10.1. The van der Waals surface area contributed by atoms with Crippen LogP contribution in [-0.2, 0) is 4.79 Å². The van der Waals surface area contributed by atoms with Crippen LogP contribution in [0.4, 0.5) is 5.69 Å². The quantitative estimate of drug-likeness (QED) is 0.929. The van der Waals surface area contributed by atoms with Gasteiger partial charge in [-0.2, -0.15) is 8.75 Å². The molecule has 1 unspecified atom stereocenters. The van der Waals surface area contributed by atoms with Gasteiger partial charge in [0.15, 0.2) is 0 Å². The number of hydrogen-bond acceptors (Lipinski definition) is 5. The van der Waals surface area contributed by atoms with Gasteiger partial charge in [-0.25, -0.2) is 0 Å². The molecule has 0 radical (unpaired) electrons. The van der Waals surface area contributed by atoms with Gasteiger partial charge in [0.1, 0.15) is 11.0 Å². The fraction of sp³-hybridized carbons (Fsp3) is 0.462. The van der Waals surface area contributed by atoms with Crippen molar-refractivity contribution < 1.29 is 4.79 Å². The smallest absolute Gasteiger partial charge is 0.244 e. The third-order valence-electron chi connectivity index (χ3n) is 3.58. The highest BCUT2D eigenvalue weighted by Crippen LogP contribution is 2.38. The molecule has 1 fully saturated rings. The van der Waals surface area contributed by atoms with Crippen LogP contribution in [0.5, 0.6) is 0 Å². The number of anilines is 1. The minimum absolute atomic E-state index is 0.0293. The summed E-state index contributed by atoms with van der Waals surface area (Å²) in [6, 6.07) is 1.46. The van der Waals surface area contributed by atoms with Gasteiger partial charge in [0, 0.05) is 6.54 Å². The van der Waals surface area contributed by atoms with Gasteiger partial charge in [-0.3, -0.25) is 4.79 Å². The summed E-state index contributed by atoms with van der Waals surface area (Å²) in [5.41, 5.74) is 1.82. The molecule has 112 valence electrons. The van der Waals surface area contributed by atoms with E-state index in [1.165, 1.54) is 0 Å². The normalized spacial score (nSPS) is 19.5. The van der Waals surface area contributed by atoms with E-state index in [4.69, 9.17) is 23.2 Å². The summed E-state index contributed by atoms with van der Waals surface area (Å²) in [6.07, 6.45) is 1.76. The van der Waals surface area contributed by atoms with E-state index in [9.17, 15) is 4.79 Å². The summed E-state index contributed by atoms with van der Waals surface area (Å²) in [7, 11) is 0. The number of amides is 1. The Morgan fingerprint density at radius 1 is 1.38 bits per heavy atom. The third kappa shape index (κ3) is 2.61. The third-order valence-corrected chi connectivity index (χ3v) is 4.68. The second kappa shape index (κ2) is 6.04. The van der Waals surface area contributed by atoms with E-state index in [-0.39, 0.29) is 11.9 Å². The Bertz CT molecular complexity index is 688. The standard InChI is InChI=1S/C13H14Cl2N4OS/c1-2-16-9-4-3-5-19(13(9)20)12-8(15)6-7(14)10-11(12)18-21-17-10/h6,9,16H,2-5H2,1H3. The lowest BCUT2D eigenvalue weighted by atomic mass is 10.0. The maximum Gasteiger partial charge on any atom is 0.244 e. The molecule has 0 aliphatic carbocycles. The van der Waals surface area contributed by atoms with E-state index >= 15 is 0 Å². The zero-order chi connectivity index (χ0) is 15.0. The molecular formula is C13H14Cl2N4OS. The second-order valence-electron chi connectivity index (χ2n) is 4.89. The maximum atomic E-state index is 12.6. The van der Waals surface area contributed by atoms with Gasteiger partial charge in [-0.05, 0) is 25.5 Å². The fourth-order valence-electron chi connectivity index (χ4n) is 2.65. The highest BCUT2D eigenvalue weighted by atomic mass is 35.5. The zero-order valence-corrected chi connectivity index (χ0v) is 13.7. The first kappa shape index (κ1) is 15.0. The average molecular weight is 345 g/mol. The number of nitrogens with zero attached hydrogens (tertiary/aromatic N) is 3. The van der Waals surface area contributed by atoms with Gasteiger partial charge in [0.05, 0.1) is 33.5 Å². The Balaban J connectivity index is 2.07. The van der Waals surface area contributed by atoms with Crippen LogP contribution in [0.3, 0.4) is 0 Å². The predicted octanol–water partition coefficient (Wildman–Crippen LogP) is 3.10. The first-order valence-corrected chi connectivity index (χ1v) is 8.27. The molecule has 3 rings (SSSR count). The lowest BCUT2D eigenvalue weighted by molar-refractivity contribution is -0.121. The summed E-state index contributed by atoms with van der Waals surface area (Å²) in [6.45, 7) is 3.38. The molecule has 1 amide bonds. The number of likely N-dealkylation sites (N-methyl/N-ethyl adjacent to an activating group) is 1. The Kier molecular flexibility index (Phi) is 4.31. The molecule has 8 heteroatoms. The lowest BCUT2D eigenvalue weighted by Gasteiger charge is -2.33. The van der Waals surface area contributed by atoms with Crippen molar-refractivity contribution in [2.45, 2.75) is 25.8 Å². The van der Waals surface area contributed by atoms with Gasteiger partial charge >= 0.3 is 0 Å². The summed E-state index contributed by atoms with van der Waals surface area (Å²) in [5, 5.41) is 4.11. The molecule has 1 aliphatic rings. The fourth-order valence-corrected chi connectivity index (χ4v) is 3.86. The number of rotatable bonds is 3. The molecule has 5 nitrogen and oxygen atoms in total.